The number of nitrogens with one attached hydrogen (secondary N) is 1. The van der Waals surface area contributed by atoms with Crippen LogP contribution in [0.15, 0.2) is 45.6 Å². The van der Waals surface area contributed by atoms with Crippen LogP contribution in [0.4, 0.5) is 0 Å². The summed E-state index contributed by atoms with van der Waals surface area (Å²) in [6.07, 6.45) is 5.41. The van der Waals surface area contributed by atoms with Gasteiger partial charge in [-0.1, -0.05) is 43.0 Å². The van der Waals surface area contributed by atoms with Crippen LogP contribution in [-0.2, 0) is 4.79 Å². The van der Waals surface area contributed by atoms with Gasteiger partial charge in [0.05, 0.1) is 10.4 Å². The fourth-order valence-corrected chi connectivity index (χ4v) is 4.26. The molecule has 4 rings (SSSR count). The van der Waals surface area contributed by atoms with E-state index in [0.717, 1.165) is 36.8 Å². The molecule has 1 aromatic heterocycles. The molecule has 1 aliphatic rings. The van der Waals surface area contributed by atoms with Gasteiger partial charge in [0.2, 0.25) is 11.2 Å². The number of rotatable bonds is 5. The number of aryl methyl sites for hydroxylation is 2. The first-order valence-electron chi connectivity index (χ1n) is 10.7. The lowest BCUT2D eigenvalue weighted by Crippen LogP contribution is -2.39. The lowest BCUT2D eigenvalue weighted by molar-refractivity contribution is -0.124. The fourth-order valence-electron chi connectivity index (χ4n) is 4.04. The van der Waals surface area contributed by atoms with Crippen molar-refractivity contribution >= 4 is 28.5 Å². The fraction of sp³-hybridized carbons (Fsp3) is 0.360. The van der Waals surface area contributed by atoms with Crippen molar-refractivity contribution in [1.29, 1.82) is 0 Å². The summed E-state index contributed by atoms with van der Waals surface area (Å²) in [5.74, 6) is -0.00365. The molecule has 0 atom stereocenters. The number of halogens is 1. The Morgan fingerprint density at radius 2 is 1.84 bits per heavy atom. The van der Waals surface area contributed by atoms with Crippen molar-refractivity contribution < 1.29 is 13.9 Å². The van der Waals surface area contributed by atoms with E-state index in [2.05, 4.69) is 5.32 Å². The van der Waals surface area contributed by atoms with E-state index in [1.807, 2.05) is 26.0 Å². The molecular formula is C25H26ClNO4. The van der Waals surface area contributed by atoms with Gasteiger partial charge in [-0.2, -0.15) is 0 Å². The van der Waals surface area contributed by atoms with Crippen molar-refractivity contribution in [2.24, 2.45) is 0 Å². The maximum Gasteiger partial charge on any atom is 0.258 e. The average Bonchev–Trinajstić information content (AvgIpc) is 2.75. The maximum absolute atomic E-state index is 13.3. The molecule has 0 aliphatic heterocycles. The minimum atomic E-state index is -0.315. The van der Waals surface area contributed by atoms with Crippen molar-refractivity contribution in [2.45, 2.75) is 52.0 Å². The zero-order valence-electron chi connectivity index (χ0n) is 17.8. The number of carbonyl (C=O) groups excluding carboxylic acids is 1. The van der Waals surface area contributed by atoms with Gasteiger partial charge >= 0.3 is 0 Å². The average molecular weight is 440 g/mol. The van der Waals surface area contributed by atoms with Crippen molar-refractivity contribution in [3.8, 4) is 17.1 Å². The Hall–Kier alpha value is -2.79. The van der Waals surface area contributed by atoms with E-state index in [9.17, 15) is 9.59 Å². The van der Waals surface area contributed by atoms with Crippen LogP contribution in [0, 0.1) is 13.8 Å². The number of hydrogen-bond acceptors (Lipinski definition) is 4. The second-order valence-corrected chi connectivity index (χ2v) is 8.60. The molecule has 0 radical (unpaired) electrons. The van der Waals surface area contributed by atoms with Crippen molar-refractivity contribution in [3.05, 3.63) is 62.8 Å². The van der Waals surface area contributed by atoms with E-state index in [1.165, 1.54) is 6.42 Å². The Kier molecular flexibility index (Phi) is 6.33. The van der Waals surface area contributed by atoms with Crippen LogP contribution in [0.1, 0.15) is 43.2 Å². The zero-order chi connectivity index (χ0) is 22.0. The number of ether oxygens (including phenoxy) is 1. The van der Waals surface area contributed by atoms with Crippen LogP contribution in [0.3, 0.4) is 0 Å². The van der Waals surface area contributed by atoms with Crippen molar-refractivity contribution in [1.82, 2.24) is 5.32 Å². The Labute approximate surface area is 186 Å². The second kappa shape index (κ2) is 9.15. The third-order valence-corrected chi connectivity index (χ3v) is 6.23. The first kappa shape index (κ1) is 21.4. The molecule has 1 heterocycles. The predicted octanol–water partition coefficient (Wildman–Crippen LogP) is 5.56. The molecule has 31 heavy (non-hydrogen) atoms. The highest BCUT2D eigenvalue weighted by Gasteiger charge is 2.22. The molecule has 6 heteroatoms. The topological polar surface area (TPSA) is 68.5 Å². The van der Waals surface area contributed by atoms with Gasteiger partial charge in [0.1, 0.15) is 5.58 Å². The van der Waals surface area contributed by atoms with Gasteiger partial charge < -0.3 is 14.5 Å². The molecule has 0 spiro atoms. The zero-order valence-corrected chi connectivity index (χ0v) is 18.6. The quantitative estimate of drug-likeness (QED) is 0.565. The standard InChI is InChI=1S/C25H26ClNO4/c1-15-12-19-21(13-16(15)2)31-24(18-10-6-7-11-20(18)26)25(23(19)29)30-14-22(28)27-17-8-4-3-5-9-17/h6-7,10-13,17H,3-5,8-9,14H2,1-2H3,(H,27,28). The molecule has 1 fully saturated rings. The largest absolute Gasteiger partial charge is 0.476 e. The summed E-state index contributed by atoms with van der Waals surface area (Å²) in [5, 5.41) is 3.86. The summed E-state index contributed by atoms with van der Waals surface area (Å²) in [5.41, 5.74) is 2.68. The molecule has 1 aliphatic carbocycles. The van der Waals surface area contributed by atoms with Gasteiger partial charge in [-0.3, -0.25) is 9.59 Å². The highest BCUT2D eigenvalue weighted by molar-refractivity contribution is 6.33. The molecule has 1 N–H and O–H groups in total. The molecule has 1 saturated carbocycles. The molecule has 2 aromatic carbocycles. The molecule has 0 bridgehead atoms. The van der Waals surface area contributed by atoms with Crippen molar-refractivity contribution in [3.63, 3.8) is 0 Å². The predicted molar refractivity (Wildman–Crippen MR) is 123 cm³/mol. The van der Waals surface area contributed by atoms with Gasteiger partial charge in [0.25, 0.3) is 5.91 Å². The minimum absolute atomic E-state index is 0.00245. The van der Waals surface area contributed by atoms with Gasteiger partial charge in [-0.05, 0) is 62.1 Å². The Morgan fingerprint density at radius 3 is 2.58 bits per heavy atom. The first-order chi connectivity index (χ1) is 14.9. The Bertz CT molecular complexity index is 1180. The number of fused-ring (bicyclic) bond motifs is 1. The number of carbonyl (C=O) groups is 1. The summed E-state index contributed by atoms with van der Waals surface area (Å²) in [7, 11) is 0. The van der Waals surface area contributed by atoms with E-state index >= 15 is 0 Å². The maximum atomic E-state index is 13.3. The Morgan fingerprint density at radius 1 is 1.13 bits per heavy atom. The number of benzene rings is 2. The first-order valence-corrected chi connectivity index (χ1v) is 11.1. The Balaban J connectivity index is 1.71. The molecule has 162 valence electrons. The van der Waals surface area contributed by atoms with Gasteiger partial charge in [-0.25, -0.2) is 0 Å². The normalized spacial score (nSPS) is 14.5. The van der Waals surface area contributed by atoms with Gasteiger partial charge in [0.15, 0.2) is 12.4 Å². The van der Waals surface area contributed by atoms with E-state index in [0.29, 0.717) is 21.6 Å². The van der Waals surface area contributed by atoms with Crippen LogP contribution in [0.5, 0.6) is 5.75 Å². The van der Waals surface area contributed by atoms with Crippen LogP contribution < -0.4 is 15.5 Å². The van der Waals surface area contributed by atoms with Gasteiger partial charge in [-0.15, -0.1) is 0 Å². The molecule has 0 unspecified atom stereocenters. The number of amides is 1. The number of hydrogen-bond donors (Lipinski definition) is 1. The smallest absolute Gasteiger partial charge is 0.258 e. The highest BCUT2D eigenvalue weighted by atomic mass is 35.5. The second-order valence-electron chi connectivity index (χ2n) is 8.19. The highest BCUT2D eigenvalue weighted by Crippen LogP contribution is 2.35. The summed E-state index contributed by atoms with van der Waals surface area (Å²) >= 11 is 6.39. The SMILES string of the molecule is Cc1cc2oc(-c3ccccc3Cl)c(OCC(=O)NC3CCCCC3)c(=O)c2cc1C. The van der Waals surface area contributed by atoms with Crippen LogP contribution in [0.25, 0.3) is 22.3 Å². The summed E-state index contributed by atoms with van der Waals surface area (Å²) in [6, 6.07) is 10.9. The van der Waals surface area contributed by atoms with Crippen molar-refractivity contribution in [2.75, 3.05) is 6.61 Å². The summed E-state index contributed by atoms with van der Waals surface area (Å²) < 4.78 is 11.9. The van der Waals surface area contributed by atoms with Crippen LogP contribution in [-0.4, -0.2) is 18.6 Å². The van der Waals surface area contributed by atoms with Gasteiger partial charge in [0, 0.05) is 11.6 Å². The molecule has 1 amide bonds. The van der Waals surface area contributed by atoms with Crippen LogP contribution >= 0.6 is 11.6 Å². The van der Waals surface area contributed by atoms with E-state index in [-0.39, 0.29) is 35.5 Å². The molecule has 3 aromatic rings. The van der Waals surface area contributed by atoms with E-state index in [1.54, 1.807) is 24.3 Å². The summed E-state index contributed by atoms with van der Waals surface area (Å²) in [4.78, 5) is 25.8. The van der Waals surface area contributed by atoms with E-state index in [4.69, 9.17) is 20.8 Å². The third kappa shape index (κ3) is 4.62. The minimum Gasteiger partial charge on any atom is -0.476 e. The lowest BCUT2D eigenvalue weighted by atomic mass is 9.95. The molecule has 0 saturated heterocycles. The lowest BCUT2D eigenvalue weighted by Gasteiger charge is -2.22. The van der Waals surface area contributed by atoms with Crippen LogP contribution in [0.2, 0.25) is 5.02 Å². The molecule has 5 nitrogen and oxygen atoms in total. The van der Waals surface area contributed by atoms with E-state index < -0.39 is 0 Å². The monoisotopic (exact) mass is 439 g/mol. The summed E-state index contributed by atoms with van der Waals surface area (Å²) in [6.45, 7) is 3.65. The molecular weight excluding hydrogens is 414 g/mol. The third-order valence-electron chi connectivity index (χ3n) is 5.90.